The zero-order valence-electron chi connectivity index (χ0n) is 14.0. The molecule has 0 aromatic heterocycles. The van der Waals surface area contributed by atoms with E-state index >= 15 is 0 Å². The molecule has 2 nitrogen and oxygen atoms in total. The molecule has 0 unspecified atom stereocenters. The highest BCUT2D eigenvalue weighted by molar-refractivity contribution is 8.22. The molecule has 1 rings (SSSR count). The normalized spacial score (nSPS) is 11.5. The van der Waals surface area contributed by atoms with Crippen LogP contribution in [-0.4, -0.2) is 27.4 Å². The molecule has 0 heterocycles. The Balaban J connectivity index is 2.91. The maximum absolute atomic E-state index is 10.3. The van der Waals surface area contributed by atoms with Crippen molar-refractivity contribution in [2.45, 2.75) is 52.7 Å². The van der Waals surface area contributed by atoms with E-state index < -0.39 is 0 Å². The third-order valence-corrected chi connectivity index (χ3v) is 5.15. The minimum atomic E-state index is -0.0606. The molecule has 1 N–H and O–H groups in total. The summed E-state index contributed by atoms with van der Waals surface area (Å²) in [5.41, 5.74) is 3.10. The van der Waals surface area contributed by atoms with Crippen molar-refractivity contribution < 1.29 is 5.11 Å². The Morgan fingerprint density at radius 3 is 2.29 bits per heavy atom. The zero-order chi connectivity index (χ0) is 16.2. The molecule has 0 bridgehead atoms. The third kappa shape index (κ3) is 4.89. The number of hydrogen-bond donors (Lipinski definition) is 1. The summed E-state index contributed by atoms with van der Waals surface area (Å²) in [6, 6.07) is 4.17. The predicted molar refractivity (Wildman–Crippen MR) is 98.4 cm³/mol. The summed E-state index contributed by atoms with van der Waals surface area (Å²) in [6.07, 6.45) is 0. The summed E-state index contributed by atoms with van der Waals surface area (Å²) in [6.45, 7) is 14.5. The van der Waals surface area contributed by atoms with Gasteiger partial charge in [0.1, 0.15) is 10.1 Å². The van der Waals surface area contributed by atoms with E-state index in [4.69, 9.17) is 12.2 Å². The van der Waals surface area contributed by atoms with E-state index in [1.165, 1.54) is 5.56 Å². The largest absolute Gasteiger partial charge is 0.507 e. The topological polar surface area (TPSA) is 23.5 Å². The molecule has 0 fully saturated rings. The molecule has 0 saturated heterocycles. The molecule has 0 saturated carbocycles. The molecular formula is C17H27NOS2. The van der Waals surface area contributed by atoms with Crippen LogP contribution in [0.5, 0.6) is 5.75 Å². The fourth-order valence-electron chi connectivity index (χ4n) is 2.23. The number of aryl methyl sites for hydroxylation is 1. The van der Waals surface area contributed by atoms with Crippen LogP contribution in [-0.2, 0) is 11.2 Å². The van der Waals surface area contributed by atoms with Crippen LogP contribution < -0.4 is 0 Å². The van der Waals surface area contributed by atoms with E-state index in [2.05, 4.69) is 51.7 Å². The van der Waals surface area contributed by atoms with E-state index in [1.54, 1.807) is 11.8 Å². The first kappa shape index (κ1) is 18.3. The number of thiocarbonyl (C=S) groups is 1. The predicted octanol–water partition coefficient (Wildman–Crippen LogP) is 4.86. The molecule has 118 valence electrons. The van der Waals surface area contributed by atoms with Gasteiger partial charge in [0.15, 0.2) is 0 Å². The molecule has 0 amide bonds. The first-order chi connectivity index (χ1) is 9.70. The monoisotopic (exact) mass is 325 g/mol. The van der Waals surface area contributed by atoms with Crippen LogP contribution in [0.2, 0.25) is 0 Å². The Bertz CT molecular complexity index is 502. The lowest BCUT2D eigenvalue weighted by atomic mass is 9.84. The van der Waals surface area contributed by atoms with Crippen LogP contribution in [0.25, 0.3) is 0 Å². The fourth-order valence-corrected chi connectivity index (χ4v) is 3.56. The first-order valence-electron chi connectivity index (χ1n) is 7.45. The van der Waals surface area contributed by atoms with Crippen molar-refractivity contribution in [2.75, 3.05) is 13.1 Å². The molecule has 0 spiro atoms. The van der Waals surface area contributed by atoms with Crippen LogP contribution in [0.4, 0.5) is 0 Å². The Morgan fingerprint density at radius 1 is 1.24 bits per heavy atom. The van der Waals surface area contributed by atoms with Crippen molar-refractivity contribution in [3.05, 3.63) is 28.8 Å². The summed E-state index contributed by atoms with van der Waals surface area (Å²) >= 11 is 7.17. The molecule has 0 aliphatic rings. The molecule has 0 radical (unpaired) electrons. The lowest BCUT2D eigenvalue weighted by Gasteiger charge is -2.23. The van der Waals surface area contributed by atoms with Crippen molar-refractivity contribution >= 4 is 28.3 Å². The van der Waals surface area contributed by atoms with E-state index in [0.29, 0.717) is 5.75 Å². The van der Waals surface area contributed by atoms with Crippen LogP contribution in [0.15, 0.2) is 12.1 Å². The molecule has 1 aromatic rings. The average Bonchev–Trinajstić information content (AvgIpc) is 2.40. The van der Waals surface area contributed by atoms with Crippen molar-refractivity contribution in [3.8, 4) is 5.75 Å². The number of phenolic OH excluding ortho intramolecular Hbond substituents is 1. The Labute approximate surface area is 138 Å². The van der Waals surface area contributed by atoms with Crippen LogP contribution >= 0.6 is 24.0 Å². The summed E-state index contributed by atoms with van der Waals surface area (Å²) in [7, 11) is 0. The lowest BCUT2D eigenvalue weighted by molar-refractivity contribution is 0.442. The number of hydrogen-bond acceptors (Lipinski definition) is 3. The van der Waals surface area contributed by atoms with Gasteiger partial charge in [-0.05, 0) is 42.9 Å². The van der Waals surface area contributed by atoms with Crippen LogP contribution in [0, 0.1) is 6.92 Å². The molecule has 0 atom stereocenters. The summed E-state index contributed by atoms with van der Waals surface area (Å²) < 4.78 is 0.947. The third-order valence-electron chi connectivity index (χ3n) is 3.55. The standard InChI is InChI=1S/C17H27NOS2/c1-7-18(8-2)16(20)21-11-13-9-12(3)15(19)14(10-13)17(4,5)6/h9-10,19H,7-8,11H2,1-6H3. The van der Waals surface area contributed by atoms with Gasteiger partial charge in [-0.1, -0.05) is 56.9 Å². The average molecular weight is 326 g/mol. The smallest absolute Gasteiger partial charge is 0.136 e. The second-order valence-electron chi connectivity index (χ2n) is 6.29. The van der Waals surface area contributed by atoms with Gasteiger partial charge in [-0.2, -0.15) is 0 Å². The van der Waals surface area contributed by atoms with Gasteiger partial charge in [-0.3, -0.25) is 0 Å². The summed E-state index contributed by atoms with van der Waals surface area (Å²) in [5.74, 6) is 1.27. The van der Waals surface area contributed by atoms with Crippen molar-refractivity contribution in [1.29, 1.82) is 0 Å². The lowest BCUT2D eigenvalue weighted by Crippen LogP contribution is -2.26. The number of nitrogens with zero attached hydrogens (tertiary/aromatic N) is 1. The molecule has 21 heavy (non-hydrogen) atoms. The van der Waals surface area contributed by atoms with E-state index in [-0.39, 0.29) is 5.41 Å². The van der Waals surface area contributed by atoms with Crippen LogP contribution in [0.1, 0.15) is 51.3 Å². The SMILES string of the molecule is CCN(CC)C(=S)SCc1cc(C)c(O)c(C(C)(C)C)c1. The van der Waals surface area contributed by atoms with Gasteiger partial charge in [0.25, 0.3) is 0 Å². The quantitative estimate of drug-likeness (QED) is 0.799. The van der Waals surface area contributed by atoms with Gasteiger partial charge in [0.2, 0.25) is 0 Å². The number of thioether (sulfide) groups is 1. The fraction of sp³-hybridized carbons (Fsp3) is 0.588. The number of aromatic hydroxyl groups is 1. The highest BCUT2D eigenvalue weighted by Crippen LogP contribution is 2.35. The summed E-state index contributed by atoms with van der Waals surface area (Å²) in [4.78, 5) is 2.19. The molecule has 0 aliphatic heterocycles. The number of phenols is 1. The zero-order valence-corrected chi connectivity index (χ0v) is 15.6. The van der Waals surface area contributed by atoms with Gasteiger partial charge < -0.3 is 10.0 Å². The summed E-state index contributed by atoms with van der Waals surface area (Å²) in [5, 5.41) is 10.3. The van der Waals surface area contributed by atoms with E-state index in [1.807, 2.05) is 6.92 Å². The molecule has 4 heteroatoms. The molecular weight excluding hydrogens is 298 g/mol. The first-order valence-corrected chi connectivity index (χ1v) is 8.84. The Kier molecular flexibility index (Phi) is 6.54. The number of rotatable bonds is 4. The minimum absolute atomic E-state index is 0.0606. The number of benzene rings is 1. The van der Waals surface area contributed by atoms with Crippen molar-refractivity contribution in [2.24, 2.45) is 0 Å². The highest BCUT2D eigenvalue weighted by atomic mass is 32.2. The maximum atomic E-state index is 10.3. The second-order valence-corrected chi connectivity index (χ2v) is 7.89. The van der Waals surface area contributed by atoms with Gasteiger partial charge in [0, 0.05) is 18.8 Å². The highest BCUT2D eigenvalue weighted by Gasteiger charge is 2.20. The van der Waals surface area contributed by atoms with Gasteiger partial charge in [0.05, 0.1) is 0 Å². The second kappa shape index (κ2) is 7.50. The van der Waals surface area contributed by atoms with Crippen molar-refractivity contribution in [3.63, 3.8) is 0 Å². The van der Waals surface area contributed by atoms with Crippen LogP contribution in [0.3, 0.4) is 0 Å². The molecule has 1 aromatic carbocycles. The Hall–Kier alpha value is -0.740. The van der Waals surface area contributed by atoms with Crippen molar-refractivity contribution in [1.82, 2.24) is 4.90 Å². The van der Waals surface area contributed by atoms with Gasteiger partial charge >= 0.3 is 0 Å². The van der Waals surface area contributed by atoms with E-state index in [0.717, 1.165) is 34.3 Å². The Morgan fingerprint density at radius 2 is 1.81 bits per heavy atom. The maximum Gasteiger partial charge on any atom is 0.136 e. The van der Waals surface area contributed by atoms with Gasteiger partial charge in [-0.15, -0.1) is 0 Å². The van der Waals surface area contributed by atoms with Gasteiger partial charge in [-0.25, -0.2) is 0 Å². The molecule has 0 aliphatic carbocycles. The minimum Gasteiger partial charge on any atom is -0.507 e. The van der Waals surface area contributed by atoms with E-state index in [9.17, 15) is 5.11 Å².